The van der Waals surface area contributed by atoms with E-state index in [4.69, 9.17) is 0 Å². The molecule has 2 aromatic rings. The molecule has 0 atom stereocenters. The molecular weight excluding hydrogens is 276 g/mol. The molecule has 1 fully saturated rings. The highest BCUT2D eigenvalue weighted by Crippen LogP contribution is 2.28. The van der Waals surface area contributed by atoms with Crippen molar-refractivity contribution in [1.82, 2.24) is 9.88 Å². The topological polar surface area (TPSA) is 56.3 Å². The lowest BCUT2D eigenvalue weighted by Gasteiger charge is -2.14. The van der Waals surface area contributed by atoms with Crippen LogP contribution in [0.25, 0.3) is 10.9 Å². The molecule has 1 aromatic carbocycles. The minimum atomic E-state index is -0.846. The molecular formula is C18H24N2O2. The zero-order valence-corrected chi connectivity index (χ0v) is 13.4. The number of carbonyl (C=O) groups is 1. The first-order valence-corrected chi connectivity index (χ1v) is 8.20. The minimum Gasteiger partial charge on any atom is -0.478 e. The van der Waals surface area contributed by atoms with Crippen molar-refractivity contribution in [3.63, 3.8) is 0 Å². The second kappa shape index (κ2) is 6.13. The van der Waals surface area contributed by atoms with Crippen LogP contribution in [0.5, 0.6) is 0 Å². The van der Waals surface area contributed by atoms with Crippen LogP contribution in [0, 0.1) is 6.92 Å². The molecule has 0 amide bonds. The monoisotopic (exact) mass is 300 g/mol. The van der Waals surface area contributed by atoms with Gasteiger partial charge >= 0.3 is 5.97 Å². The van der Waals surface area contributed by atoms with Gasteiger partial charge in [0.25, 0.3) is 0 Å². The van der Waals surface area contributed by atoms with Gasteiger partial charge in [-0.1, -0.05) is 6.92 Å². The normalized spacial score (nSPS) is 15.7. The van der Waals surface area contributed by atoms with Crippen LogP contribution in [0.15, 0.2) is 12.1 Å². The van der Waals surface area contributed by atoms with E-state index in [1.807, 2.05) is 6.07 Å². The molecule has 1 saturated heterocycles. The summed E-state index contributed by atoms with van der Waals surface area (Å²) in [6.45, 7) is 7.62. The summed E-state index contributed by atoms with van der Waals surface area (Å²) in [6.07, 6.45) is 4.42. The number of nitrogens with one attached hydrogen (secondary N) is 1. The van der Waals surface area contributed by atoms with Gasteiger partial charge < -0.3 is 15.0 Å². The maximum atomic E-state index is 11.4. The van der Waals surface area contributed by atoms with E-state index in [9.17, 15) is 9.90 Å². The average Bonchev–Trinajstić information content (AvgIpc) is 3.11. The summed E-state index contributed by atoms with van der Waals surface area (Å²) >= 11 is 0. The number of carboxylic acid groups (broad SMARTS) is 1. The number of nitrogens with zero attached hydrogens (tertiary/aromatic N) is 1. The molecule has 1 aromatic heterocycles. The Morgan fingerprint density at radius 1 is 1.32 bits per heavy atom. The van der Waals surface area contributed by atoms with Crippen LogP contribution in [-0.4, -0.2) is 40.6 Å². The highest BCUT2D eigenvalue weighted by Gasteiger charge is 2.17. The SMILES string of the molecule is CCc1cc(C(=O)O)cc2c(CCN3CCCC3)c(C)[nH]c12. The molecule has 0 bridgehead atoms. The van der Waals surface area contributed by atoms with Crippen LogP contribution in [0.1, 0.15) is 46.9 Å². The fourth-order valence-electron chi connectivity index (χ4n) is 3.55. The van der Waals surface area contributed by atoms with Crippen molar-refractivity contribution in [3.8, 4) is 0 Å². The number of carboxylic acids is 1. The van der Waals surface area contributed by atoms with Crippen molar-refractivity contribution in [1.29, 1.82) is 0 Å². The molecule has 1 aliphatic rings. The van der Waals surface area contributed by atoms with Crippen molar-refractivity contribution in [3.05, 3.63) is 34.5 Å². The largest absolute Gasteiger partial charge is 0.478 e. The number of benzene rings is 1. The quantitative estimate of drug-likeness (QED) is 0.890. The van der Waals surface area contributed by atoms with Gasteiger partial charge in [-0.2, -0.15) is 0 Å². The summed E-state index contributed by atoms with van der Waals surface area (Å²) in [5, 5.41) is 10.4. The van der Waals surface area contributed by atoms with Crippen molar-refractivity contribution in [2.75, 3.05) is 19.6 Å². The third-order valence-electron chi connectivity index (χ3n) is 4.81. The standard InChI is InChI=1S/C18H24N2O2/c1-3-13-10-14(18(21)22)11-16-15(12(2)19-17(13)16)6-9-20-7-4-5-8-20/h10-11,19H,3-9H2,1-2H3,(H,21,22). The van der Waals surface area contributed by atoms with Crippen molar-refractivity contribution >= 4 is 16.9 Å². The summed E-state index contributed by atoms with van der Waals surface area (Å²) in [6, 6.07) is 3.63. The predicted octanol–water partition coefficient (Wildman–Crippen LogP) is 3.38. The zero-order valence-electron chi connectivity index (χ0n) is 13.4. The van der Waals surface area contributed by atoms with E-state index in [0.717, 1.165) is 35.9 Å². The van der Waals surface area contributed by atoms with Gasteiger partial charge in [0.15, 0.2) is 0 Å². The van der Waals surface area contributed by atoms with Gasteiger partial charge in [-0.25, -0.2) is 4.79 Å². The van der Waals surface area contributed by atoms with Gasteiger partial charge in [-0.3, -0.25) is 0 Å². The summed E-state index contributed by atoms with van der Waals surface area (Å²) < 4.78 is 0. The van der Waals surface area contributed by atoms with E-state index < -0.39 is 5.97 Å². The number of rotatable bonds is 5. The molecule has 0 spiro atoms. The Labute approximate surface area is 131 Å². The predicted molar refractivity (Wildman–Crippen MR) is 88.8 cm³/mol. The van der Waals surface area contributed by atoms with Gasteiger partial charge in [-0.05, 0) is 69.0 Å². The van der Waals surface area contributed by atoms with Gasteiger partial charge in [0, 0.05) is 23.1 Å². The van der Waals surface area contributed by atoms with Gasteiger partial charge in [0.05, 0.1) is 5.56 Å². The molecule has 0 saturated carbocycles. The van der Waals surface area contributed by atoms with Crippen LogP contribution in [-0.2, 0) is 12.8 Å². The summed E-state index contributed by atoms with van der Waals surface area (Å²) in [5.41, 5.74) is 5.05. The Morgan fingerprint density at radius 2 is 2.05 bits per heavy atom. The number of hydrogen-bond donors (Lipinski definition) is 2. The Kier molecular flexibility index (Phi) is 4.21. The van der Waals surface area contributed by atoms with Crippen LogP contribution in [0.4, 0.5) is 0 Å². The number of aryl methyl sites for hydroxylation is 2. The molecule has 22 heavy (non-hydrogen) atoms. The van der Waals surface area contributed by atoms with E-state index in [2.05, 4.69) is 23.7 Å². The number of fused-ring (bicyclic) bond motifs is 1. The lowest BCUT2D eigenvalue weighted by molar-refractivity contribution is 0.0697. The van der Waals surface area contributed by atoms with E-state index in [1.54, 1.807) is 6.07 Å². The van der Waals surface area contributed by atoms with Crippen molar-refractivity contribution in [2.24, 2.45) is 0 Å². The third-order valence-corrected chi connectivity index (χ3v) is 4.81. The fraction of sp³-hybridized carbons (Fsp3) is 0.500. The van der Waals surface area contributed by atoms with Crippen LogP contribution >= 0.6 is 0 Å². The first-order chi connectivity index (χ1) is 10.6. The van der Waals surface area contributed by atoms with Gasteiger partial charge in [0.1, 0.15) is 0 Å². The van der Waals surface area contributed by atoms with E-state index in [0.29, 0.717) is 5.56 Å². The van der Waals surface area contributed by atoms with E-state index >= 15 is 0 Å². The van der Waals surface area contributed by atoms with E-state index in [-0.39, 0.29) is 0 Å². The molecule has 2 heterocycles. The maximum absolute atomic E-state index is 11.4. The smallest absolute Gasteiger partial charge is 0.335 e. The number of aromatic nitrogens is 1. The van der Waals surface area contributed by atoms with Gasteiger partial charge in [0.2, 0.25) is 0 Å². The lowest BCUT2D eigenvalue weighted by Crippen LogP contribution is -2.22. The van der Waals surface area contributed by atoms with Crippen LogP contribution in [0.2, 0.25) is 0 Å². The first-order valence-electron chi connectivity index (χ1n) is 8.20. The maximum Gasteiger partial charge on any atom is 0.335 e. The van der Waals surface area contributed by atoms with Crippen molar-refractivity contribution < 1.29 is 9.90 Å². The Hall–Kier alpha value is -1.81. The number of aromatic amines is 1. The molecule has 0 aliphatic carbocycles. The number of likely N-dealkylation sites (tertiary alicyclic amines) is 1. The third kappa shape index (κ3) is 2.75. The minimum absolute atomic E-state index is 0.394. The Balaban J connectivity index is 1.99. The van der Waals surface area contributed by atoms with Crippen LogP contribution in [0.3, 0.4) is 0 Å². The number of aromatic carboxylic acids is 1. The molecule has 0 radical (unpaired) electrons. The highest BCUT2D eigenvalue weighted by molar-refractivity contribution is 5.96. The average molecular weight is 300 g/mol. The summed E-state index contributed by atoms with van der Waals surface area (Å²) in [7, 11) is 0. The fourth-order valence-corrected chi connectivity index (χ4v) is 3.55. The second-order valence-electron chi connectivity index (χ2n) is 6.24. The molecule has 0 unspecified atom stereocenters. The molecule has 4 heteroatoms. The van der Waals surface area contributed by atoms with Crippen LogP contribution < -0.4 is 0 Å². The second-order valence-corrected chi connectivity index (χ2v) is 6.24. The van der Waals surface area contributed by atoms with E-state index in [1.165, 1.54) is 37.2 Å². The zero-order chi connectivity index (χ0) is 15.7. The molecule has 1 aliphatic heterocycles. The first kappa shape index (κ1) is 15.1. The van der Waals surface area contributed by atoms with Crippen molar-refractivity contribution in [2.45, 2.75) is 39.5 Å². The number of hydrogen-bond acceptors (Lipinski definition) is 2. The Morgan fingerprint density at radius 3 is 2.68 bits per heavy atom. The summed E-state index contributed by atoms with van der Waals surface area (Å²) in [4.78, 5) is 17.4. The molecule has 4 nitrogen and oxygen atoms in total. The molecule has 118 valence electrons. The Bertz CT molecular complexity index is 697. The molecule has 2 N–H and O–H groups in total. The highest BCUT2D eigenvalue weighted by atomic mass is 16.4. The summed E-state index contributed by atoms with van der Waals surface area (Å²) in [5.74, 6) is -0.846. The van der Waals surface area contributed by atoms with Gasteiger partial charge in [-0.15, -0.1) is 0 Å². The number of H-pyrrole nitrogens is 1. The lowest BCUT2D eigenvalue weighted by atomic mass is 10.0. The molecule has 3 rings (SSSR count).